The van der Waals surface area contributed by atoms with Gasteiger partial charge in [-0.2, -0.15) is 0 Å². The van der Waals surface area contributed by atoms with Crippen LogP contribution in [-0.4, -0.2) is 16.7 Å². The summed E-state index contributed by atoms with van der Waals surface area (Å²) in [7, 11) is 1.70. The summed E-state index contributed by atoms with van der Waals surface area (Å²) in [5.74, 6) is 2.43. The molecule has 1 N–H and O–H groups in total. The first-order chi connectivity index (χ1) is 9.19. The molecule has 0 amide bonds. The van der Waals surface area contributed by atoms with Gasteiger partial charge in [0, 0.05) is 12.6 Å². The van der Waals surface area contributed by atoms with E-state index in [2.05, 4.69) is 22.5 Å². The van der Waals surface area contributed by atoms with Crippen molar-refractivity contribution in [2.75, 3.05) is 7.11 Å². The van der Waals surface area contributed by atoms with Gasteiger partial charge in [-0.1, -0.05) is 19.8 Å². The molecule has 3 nitrogen and oxygen atoms in total. The summed E-state index contributed by atoms with van der Waals surface area (Å²) >= 11 is 5.47. The van der Waals surface area contributed by atoms with E-state index < -0.39 is 0 Å². The topological polar surface area (TPSA) is 29.9 Å². The molecular weight excluding hydrogens is 256 g/mol. The van der Waals surface area contributed by atoms with Gasteiger partial charge in [-0.15, -0.1) is 0 Å². The molecule has 1 saturated carbocycles. The Labute approximate surface area is 118 Å². The number of aromatic amines is 1. The van der Waals surface area contributed by atoms with E-state index in [9.17, 15) is 0 Å². The average molecular weight is 276 g/mol. The Kier molecular flexibility index (Phi) is 3.35. The number of fused-ring (bicyclic) bond motifs is 1. The van der Waals surface area contributed by atoms with Crippen LogP contribution < -0.4 is 4.74 Å². The Morgan fingerprint density at radius 2 is 2.26 bits per heavy atom. The molecule has 0 spiro atoms. The summed E-state index contributed by atoms with van der Waals surface area (Å²) in [6, 6.07) is 6.08. The second kappa shape index (κ2) is 5.00. The Morgan fingerprint density at radius 1 is 1.42 bits per heavy atom. The normalized spacial score (nSPS) is 23.1. The summed E-state index contributed by atoms with van der Waals surface area (Å²) in [4.78, 5) is 3.29. The molecule has 4 heteroatoms. The fourth-order valence-electron chi connectivity index (χ4n) is 3.17. The highest BCUT2D eigenvalue weighted by atomic mass is 32.1. The number of ether oxygens (including phenoxy) is 1. The van der Waals surface area contributed by atoms with E-state index in [-0.39, 0.29) is 0 Å². The van der Waals surface area contributed by atoms with Crippen LogP contribution in [0.5, 0.6) is 5.75 Å². The van der Waals surface area contributed by atoms with Crippen molar-refractivity contribution in [2.45, 2.75) is 32.7 Å². The van der Waals surface area contributed by atoms with Crippen LogP contribution in [0.25, 0.3) is 11.0 Å². The van der Waals surface area contributed by atoms with Crippen molar-refractivity contribution in [1.29, 1.82) is 0 Å². The van der Waals surface area contributed by atoms with Crippen LogP contribution in [0.4, 0.5) is 0 Å². The lowest BCUT2D eigenvalue weighted by atomic mass is 9.98. The van der Waals surface area contributed by atoms with E-state index >= 15 is 0 Å². The quantitative estimate of drug-likeness (QED) is 0.854. The highest BCUT2D eigenvalue weighted by Crippen LogP contribution is 2.33. The number of hydrogen-bond donors (Lipinski definition) is 1. The van der Waals surface area contributed by atoms with E-state index in [1.807, 2.05) is 12.1 Å². The molecule has 2 atom stereocenters. The fourth-order valence-corrected chi connectivity index (χ4v) is 3.45. The van der Waals surface area contributed by atoms with E-state index in [0.29, 0.717) is 0 Å². The van der Waals surface area contributed by atoms with Gasteiger partial charge in [-0.05, 0) is 42.6 Å². The van der Waals surface area contributed by atoms with E-state index in [4.69, 9.17) is 17.0 Å². The molecule has 1 fully saturated rings. The summed E-state index contributed by atoms with van der Waals surface area (Å²) in [5, 5.41) is 0. The van der Waals surface area contributed by atoms with Crippen molar-refractivity contribution in [1.82, 2.24) is 9.55 Å². The lowest BCUT2D eigenvalue weighted by Crippen LogP contribution is -2.13. The summed E-state index contributed by atoms with van der Waals surface area (Å²) in [6.07, 6.45) is 4.02. The van der Waals surface area contributed by atoms with Crippen molar-refractivity contribution in [3.8, 4) is 5.75 Å². The molecule has 1 aromatic heterocycles. The SMILES string of the molecule is COc1ccc2[nH]c(=S)n(CC3CCCC3C)c2c1. The minimum atomic E-state index is 0.747. The standard InChI is InChI=1S/C15H20N2OS/c1-10-4-3-5-11(10)9-17-14-8-12(18-2)6-7-13(14)16-15(17)19/h6-8,10-11H,3-5,9H2,1-2H3,(H,16,19). The zero-order chi connectivity index (χ0) is 13.4. The first kappa shape index (κ1) is 12.7. The minimum absolute atomic E-state index is 0.747. The predicted octanol–water partition coefficient (Wildman–Crippen LogP) is 4.14. The molecule has 0 bridgehead atoms. The van der Waals surface area contributed by atoms with E-state index in [0.717, 1.165) is 39.9 Å². The van der Waals surface area contributed by atoms with Crippen LogP contribution in [-0.2, 0) is 6.54 Å². The molecule has 1 aromatic carbocycles. The third-order valence-electron chi connectivity index (χ3n) is 4.44. The first-order valence-electron chi connectivity index (χ1n) is 6.95. The second-order valence-corrected chi connectivity index (χ2v) is 5.98. The number of H-pyrrole nitrogens is 1. The van der Waals surface area contributed by atoms with Crippen LogP contribution in [0.15, 0.2) is 18.2 Å². The van der Waals surface area contributed by atoms with E-state index in [1.165, 1.54) is 19.3 Å². The Morgan fingerprint density at radius 3 is 2.95 bits per heavy atom. The van der Waals surface area contributed by atoms with E-state index in [1.54, 1.807) is 7.11 Å². The maximum absolute atomic E-state index is 5.47. The molecule has 19 heavy (non-hydrogen) atoms. The van der Waals surface area contributed by atoms with Gasteiger partial charge in [-0.25, -0.2) is 0 Å². The average Bonchev–Trinajstić information content (AvgIpc) is 2.94. The number of hydrogen-bond acceptors (Lipinski definition) is 2. The number of nitrogens with one attached hydrogen (secondary N) is 1. The molecule has 1 heterocycles. The Balaban J connectivity index is 2.01. The molecule has 1 aliphatic carbocycles. The van der Waals surface area contributed by atoms with Gasteiger partial charge < -0.3 is 14.3 Å². The van der Waals surface area contributed by atoms with Crippen LogP contribution >= 0.6 is 12.2 Å². The van der Waals surface area contributed by atoms with Crippen molar-refractivity contribution in [2.24, 2.45) is 11.8 Å². The maximum atomic E-state index is 5.47. The van der Waals surface area contributed by atoms with Crippen LogP contribution in [0.1, 0.15) is 26.2 Å². The molecular formula is C15H20N2OS. The second-order valence-electron chi connectivity index (χ2n) is 5.59. The third kappa shape index (κ3) is 2.29. The third-order valence-corrected chi connectivity index (χ3v) is 4.76. The summed E-state index contributed by atoms with van der Waals surface area (Å²) in [5.41, 5.74) is 2.25. The zero-order valence-corrected chi connectivity index (χ0v) is 12.3. The summed E-state index contributed by atoms with van der Waals surface area (Å²) < 4.78 is 8.37. The molecule has 0 saturated heterocycles. The number of benzene rings is 1. The number of imidazole rings is 1. The van der Waals surface area contributed by atoms with Gasteiger partial charge >= 0.3 is 0 Å². The number of aromatic nitrogens is 2. The molecule has 2 aromatic rings. The smallest absolute Gasteiger partial charge is 0.178 e. The fraction of sp³-hybridized carbons (Fsp3) is 0.533. The lowest BCUT2D eigenvalue weighted by molar-refractivity contribution is 0.366. The van der Waals surface area contributed by atoms with Gasteiger partial charge in [0.25, 0.3) is 0 Å². The maximum Gasteiger partial charge on any atom is 0.178 e. The molecule has 2 unspecified atom stereocenters. The van der Waals surface area contributed by atoms with Crippen molar-refractivity contribution >= 4 is 23.3 Å². The molecule has 0 radical (unpaired) electrons. The Bertz CT molecular complexity index is 643. The van der Waals surface area contributed by atoms with Gasteiger partial charge in [0.2, 0.25) is 0 Å². The molecule has 0 aliphatic heterocycles. The summed E-state index contributed by atoms with van der Waals surface area (Å²) in [6.45, 7) is 3.38. The number of rotatable bonds is 3. The van der Waals surface area contributed by atoms with Crippen LogP contribution in [0.2, 0.25) is 0 Å². The molecule has 102 valence electrons. The van der Waals surface area contributed by atoms with Gasteiger partial charge in [0.1, 0.15) is 5.75 Å². The minimum Gasteiger partial charge on any atom is -0.497 e. The van der Waals surface area contributed by atoms with Crippen LogP contribution in [0.3, 0.4) is 0 Å². The first-order valence-corrected chi connectivity index (χ1v) is 7.36. The number of nitrogens with zero attached hydrogens (tertiary/aromatic N) is 1. The highest BCUT2D eigenvalue weighted by Gasteiger charge is 2.24. The largest absolute Gasteiger partial charge is 0.497 e. The molecule has 3 rings (SSSR count). The van der Waals surface area contributed by atoms with Gasteiger partial charge in [0.15, 0.2) is 4.77 Å². The van der Waals surface area contributed by atoms with Crippen molar-refractivity contribution in [3.63, 3.8) is 0 Å². The van der Waals surface area contributed by atoms with Crippen LogP contribution in [0, 0.1) is 16.6 Å². The highest BCUT2D eigenvalue weighted by molar-refractivity contribution is 7.71. The molecule has 1 aliphatic rings. The van der Waals surface area contributed by atoms with Gasteiger partial charge in [0.05, 0.1) is 18.1 Å². The van der Waals surface area contributed by atoms with Gasteiger partial charge in [-0.3, -0.25) is 0 Å². The zero-order valence-electron chi connectivity index (χ0n) is 11.5. The van der Waals surface area contributed by atoms with Crippen molar-refractivity contribution in [3.05, 3.63) is 23.0 Å². The lowest BCUT2D eigenvalue weighted by Gasteiger charge is -2.16. The Hall–Kier alpha value is -1.29. The predicted molar refractivity (Wildman–Crippen MR) is 80.2 cm³/mol. The van der Waals surface area contributed by atoms with Crippen molar-refractivity contribution < 1.29 is 4.74 Å². The monoisotopic (exact) mass is 276 g/mol. The number of methoxy groups -OCH3 is 1.